The van der Waals surface area contributed by atoms with E-state index in [4.69, 9.17) is 9.26 Å². The lowest BCUT2D eigenvalue weighted by atomic mass is 9.87. The summed E-state index contributed by atoms with van der Waals surface area (Å²) in [7, 11) is 0. The first-order valence-corrected chi connectivity index (χ1v) is 13.9. The number of benzene rings is 2. The molecular weight excluding hydrogens is 563 g/mol. The molecule has 1 N–H and O–H groups in total. The molecule has 0 bridgehead atoms. The van der Waals surface area contributed by atoms with Gasteiger partial charge in [0.2, 0.25) is 5.95 Å². The van der Waals surface area contributed by atoms with E-state index >= 15 is 0 Å². The number of anilines is 1. The van der Waals surface area contributed by atoms with E-state index < -0.39 is 23.8 Å². The van der Waals surface area contributed by atoms with Gasteiger partial charge in [-0.05, 0) is 59.2 Å². The highest BCUT2D eigenvalue weighted by Crippen LogP contribution is 2.33. The predicted octanol–water partition coefficient (Wildman–Crippen LogP) is 5.84. The number of aliphatic carboxylic acids is 1. The number of carbonyl (C=O) groups is 1. The van der Waals surface area contributed by atoms with Crippen molar-refractivity contribution in [3.8, 4) is 17.2 Å². The van der Waals surface area contributed by atoms with Crippen LogP contribution < -0.4 is 9.64 Å². The molecule has 2 aromatic carbocycles. The lowest BCUT2D eigenvalue weighted by Crippen LogP contribution is -2.25. The molecule has 1 fully saturated rings. The lowest BCUT2D eigenvalue weighted by molar-refractivity contribution is -0.142. The molecule has 0 radical (unpaired) electrons. The van der Waals surface area contributed by atoms with Gasteiger partial charge < -0.3 is 19.3 Å². The van der Waals surface area contributed by atoms with E-state index in [-0.39, 0.29) is 30.4 Å². The first kappa shape index (κ1) is 30.0. The molecule has 0 unspecified atom stereocenters. The normalized spacial score (nSPS) is 17.3. The van der Waals surface area contributed by atoms with Gasteiger partial charge in [0.1, 0.15) is 11.4 Å². The van der Waals surface area contributed by atoms with Gasteiger partial charge in [0.25, 0.3) is 5.89 Å². The van der Waals surface area contributed by atoms with Gasteiger partial charge in [0.05, 0.1) is 12.5 Å². The van der Waals surface area contributed by atoms with E-state index in [9.17, 15) is 23.1 Å². The molecule has 1 aliphatic rings. The van der Waals surface area contributed by atoms with Gasteiger partial charge in [-0.1, -0.05) is 50.2 Å². The molecule has 1 saturated heterocycles. The molecule has 2 atom stereocenters. The Bertz CT molecular complexity index is 1550. The Kier molecular flexibility index (Phi) is 8.38. The van der Waals surface area contributed by atoms with Gasteiger partial charge in [0, 0.05) is 31.3 Å². The van der Waals surface area contributed by atoms with Crippen LogP contribution in [0.1, 0.15) is 43.4 Å². The molecule has 4 aromatic rings. The number of rotatable bonds is 9. The zero-order chi connectivity index (χ0) is 30.8. The molecule has 0 spiro atoms. The van der Waals surface area contributed by atoms with Crippen LogP contribution in [0.15, 0.2) is 65.3 Å². The molecule has 2 aromatic heterocycles. The van der Waals surface area contributed by atoms with Crippen LogP contribution in [0.2, 0.25) is 0 Å². The van der Waals surface area contributed by atoms with E-state index in [1.807, 2.05) is 24.3 Å². The summed E-state index contributed by atoms with van der Waals surface area (Å²) in [6.07, 6.45) is -2.70. The van der Waals surface area contributed by atoms with Crippen molar-refractivity contribution < 1.29 is 32.3 Å². The van der Waals surface area contributed by atoms with Crippen molar-refractivity contribution in [2.24, 2.45) is 11.8 Å². The highest BCUT2D eigenvalue weighted by molar-refractivity contribution is 5.72. The molecule has 43 heavy (non-hydrogen) atoms. The molecule has 0 saturated carbocycles. The van der Waals surface area contributed by atoms with E-state index in [2.05, 4.69) is 53.0 Å². The summed E-state index contributed by atoms with van der Waals surface area (Å²) in [6, 6.07) is 16.1. The zero-order valence-corrected chi connectivity index (χ0v) is 24.0. The van der Waals surface area contributed by atoms with Crippen LogP contribution in [0.5, 0.6) is 5.75 Å². The first-order valence-electron chi connectivity index (χ1n) is 13.9. The van der Waals surface area contributed by atoms with E-state index in [1.165, 1.54) is 10.5 Å². The number of ether oxygens (including phenoxy) is 1. The molecule has 12 heteroatoms. The number of aromatic nitrogens is 4. The number of carboxylic acids is 1. The number of nitrogens with zero attached hydrogens (tertiary/aromatic N) is 5. The maximum Gasteiger partial charge on any atom is 0.433 e. The number of halogens is 3. The monoisotopic (exact) mass is 595 g/mol. The highest BCUT2D eigenvalue weighted by atomic mass is 19.4. The van der Waals surface area contributed by atoms with Crippen LogP contribution in [-0.4, -0.2) is 50.9 Å². The second kappa shape index (κ2) is 12.0. The minimum atomic E-state index is -4.61. The van der Waals surface area contributed by atoms with E-state index in [1.54, 1.807) is 12.1 Å². The molecule has 5 rings (SSSR count). The van der Waals surface area contributed by atoms with Crippen LogP contribution in [0.4, 0.5) is 19.1 Å². The van der Waals surface area contributed by atoms with Crippen LogP contribution in [0.25, 0.3) is 11.5 Å². The maximum absolute atomic E-state index is 13.1. The van der Waals surface area contributed by atoms with Crippen LogP contribution in [0, 0.1) is 11.8 Å². The van der Waals surface area contributed by atoms with Gasteiger partial charge >= 0.3 is 12.1 Å². The SMILES string of the molecule is CC(C)(C)c1ccc(-c2nc(CCOc3ccc(C[C@@H]4CN(c5nccc(C(F)(F)F)n5)C[C@@H]4C(=O)O)cc3)no2)cc1. The number of alkyl halides is 3. The molecule has 9 nitrogen and oxygen atoms in total. The molecule has 0 aliphatic carbocycles. The summed E-state index contributed by atoms with van der Waals surface area (Å²) in [5.74, 6) is -0.632. The van der Waals surface area contributed by atoms with Gasteiger partial charge in [-0.15, -0.1) is 0 Å². The van der Waals surface area contributed by atoms with Gasteiger partial charge in [-0.2, -0.15) is 18.2 Å². The molecule has 226 valence electrons. The van der Waals surface area contributed by atoms with Gasteiger partial charge in [-0.3, -0.25) is 4.79 Å². The summed E-state index contributed by atoms with van der Waals surface area (Å²) in [5.41, 5.74) is 1.94. The minimum absolute atomic E-state index is 0.0303. The van der Waals surface area contributed by atoms with Crippen molar-refractivity contribution in [3.05, 3.63) is 83.4 Å². The summed E-state index contributed by atoms with van der Waals surface area (Å²) >= 11 is 0. The average Bonchev–Trinajstić information content (AvgIpc) is 3.61. The van der Waals surface area contributed by atoms with Crippen molar-refractivity contribution >= 4 is 11.9 Å². The first-order chi connectivity index (χ1) is 20.4. The number of carboxylic acid groups (broad SMARTS) is 1. The fourth-order valence-electron chi connectivity index (χ4n) is 5.05. The zero-order valence-electron chi connectivity index (χ0n) is 24.0. The van der Waals surface area contributed by atoms with E-state index in [0.29, 0.717) is 36.9 Å². The predicted molar refractivity (Wildman–Crippen MR) is 152 cm³/mol. The van der Waals surface area contributed by atoms with Crippen LogP contribution in [0.3, 0.4) is 0 Å². The van der Waals surface area contributed by atoms with E-state index in [0.717, 1.165) is 23.4 Å². The summed E-state index contributed by atoms with van der Waals surface area (Å²) in [6.45, 7) is 7.05. The third-order valence-electron chi connectivity index (χ3n) is 7.46. The molecule has 0 amide bonds. The Morgan fingerprint density at radius 1 is 1.02 bits per heavy atom. The Balaban J connectivity index is 1.14. The number of hydrogen-bond acceptors (Lipinski definition) is 8. The fraction of sp³-hybridized carbons (Fsp3) is 0.387. The quantitative estimate of drug-likeness (QED) is 0.255. The van der Waals surface area contributed by atoms with Crippen molar-refractivity contribution in [2.45, 2.75) is 45.2 Å². The van der Waals surface area contributed by atoms with Crippen molar-refractivity contribution in [2.75, 3.05) is 24.6 Å². The summed E-state index contributed by atoms with van der Waals surface area (Å²) in [4.78, 5) is 25.5. The fourth-order valence-corrected chi connectivity index (χ4v) is 5.05. The maximum atomic E-state index is 13.1. The van der Waals surface area contributed by atoms with Gasteiger partial charge in [-0.25, -0.2) is 9.97 Å². The topological polar surface area (TPSA) is 114 Å². The van der Waals surface area contributed by atoms with Crippen molar-refractivity contribution in [1.29, 1.82) is 0 Å². The third-order valence-corrected chi connectivity index (χ3v) is 7.46. The minimum Gasteiger partial charge on any atom is -0.493 e. The Morgan fingerprint density at radius 2 is 1.74 bits per heavy atom. The summed E-state index contributed by atoms with van der Waals surface area (Å²) in [5, 5.41) is 13.8. The largest absolute Gasteiger partial charge is 0.493 e. The lowest BCUT2D eigenvalue weighted by Gasteiger charge is -2.18. The number of hydrogen-bond donors (Lipinski definition) is 1. The highest BCUT2D eigenvalue weighted by Gasteiger charge is 2.40. The second-order valence-corrected chi connectivity index (χ2v) is 11.6. The smallest absolute Gasteiger partial charge is 0.433 e. The van der Waals surface area contributed by atoms with Crippen molar-refractivity contribution in [1.82, 2.24) is 20.1 Å². The standard InChI is InChI=1S/C31H32F3N5O4/c1-30(2,3)22-8-6-20(7-9-22)27-37-26(38-43-27)13-15-42-23-10-4-19(5-11-23)16-21-17-39(18-24(21)28(40)41)29-35-14-12-25(36-29)31(32,33)34/h4-12,14,21,24H,13,15-18H2,1-3H3,(H,40,41)/t21-,24+/m1/s1. The Labute approximate surface area is 246 Å². The van der Waals surface area contributed by atoms with Crippen LogP contribution >= 0.6 is 0 Å². The summed E-state index contributed by atoms with van der Waals surface area (Å²) < 4.78 is 50.6. The molecule has 3 heterocycles. The molecular formula is C31H32F3N5O4. The third kappa shape index (κ3) is 7.30. The Morgan fingerprint density at radius 3 is 2.40 bits per heavy atom. The van der Waals surface area contributed by atoms with Crippen LogP contribution in [-0.2, 0) is 29.2 Å². The van der Waals surface area contributed by atoms with Gasteiger partial charge in [0.15, 0.2) is 5.82 Å². The van der Waals surface area contributed by atoms with Crippen molar-refractivity contribution in [3.63, 3.8) is 0 Å². The Hall–Kier alpha value is -4.48. The average molecular weight is 596 g/mol. The second-order valence-electron chi connectivity index (χ2n) is 11.6. The molecule has 1 aliphatic heterocycles.